The summed E-state index contributed by atoms with van der Waals surface area (Å²) in [6.45, 7) is 4.26. The van der Waals surface area contributed by atoms with Crippen LogP contribution in [0, 0.1) is 18.3 Å². The number of terminal acetylenes is 1. The van der Waals surface area contributed by atoms with E-state index in [9.17, 15) is 4.79 Å². The molecule has 0 radical (unpaired) electrons. The minimum Gasteiger partial charge on any atom is -0.465 e. The fourth-order valence-corrected chi connectivity index (χ4v) is 0.920. The Morgan fingerprint density at radius 3 is 2.67 bits per heavy atom. The van der Waals surface area contributed by atoms with Crippen LogP contribution in [0.3, 0.4) is 0 Å². The van der Waals surface area contributed by atoms with Crippen molar-refractivity contribution in [2.24, 2.45) is 5.92 Å². The molecule has 1 atom stereocenters. The minimum absolute atomic E-state index is 0.256. The molecule has 0 aromatic rings. The average Bonchev–Trinajstić information content (AvgIpc) is 2.06. The van der Waals surface area contributed by atoms with E-state index in [1.807, 2.05) is 0 Å². The van der Waals surface area contributed by atoms with E-state index >= 15 is 0 Å². The fraction of sp³-hybridized carbons (Fsp3) is 0.700. The van der Waals surface area contributed by atoms with Crippen molar-refractivity contribution in [3.05, 3.63) is 0 Å². The highest BCUT2D eigenvalue weighted by molar-refractivity contribution is 5.75. The Balaban J connectivity index is 3.81. The maximum Gasteiger partial charge on any atom is 0.321 e. The van der Waals surface area contributed by atoms with Crippen LogP contribution < -0.4 is 0 Å². The molecule has 0 bridgehead atoms. The Labute approximate surface area is 74.3 Å². The van der Waals surface area contributed by atoms with Gasteiger partial charge in [-0.3, -0.25) is 4.79 Å². The summed E-state index contributed by atoms with van der Waals surface area (Å²) < 4.78 is 4.81. The molecular formula is C10H16O2. The standard InChI is InChI=1S/C10H16O2/c1-4-7-8-9(5-2)10(11)12-6-3/h2,9H,4,6-8H2,1,3H3. The topological polar surface area (TPSA) is 26.3 Å². The molecule has 2 heteroatoms. The number of carbonyl (C=O) groups is 1. The molecule has 1 unspecified atom stereocenters. The maximum absolute atomic E-state index is 11.1. The Kier molecular flexibility index (Phi) is 6.18. The van der Waals surface area contributed by atoms with Crippen LogP contribution in [0.4, 0.5) is 0 Å². The summed E-state index contributed by atoms with van der Waals surface area (Å²) >= 11 is 0. The molecule has 2 nitrogen and oxygen atoms in total. The minimum atomic E-state index is -0.343. The van der Waals surface area contributed by atoms with Gasteiger partial charge in [0.25, 0.3) is 0 Å². The Morgan fingerprint density at radius 1 is 1.58 bits per heavy atom. The molecule has 12 heavy (non-hydrogen) atoms. The first-order valence-corrected chi connectivity index (χ1v) is 4.39. The van der Waals surface area contributed by atoms with Gasteiger partial charge < -0.3 is 4.74 Å². The summed E-state index contributed by atoms with van der Waals surface area (Å²) in [5, 5.41) is 0. The summed E-state index contributed by atoms with van der Waals surface area (Å²) in [6.07, 6.45) is 7.97. The van der Waals surface area contributed by atoms with Crippen molar-refractivity contribution >= 4 is 5.97 Å². The SMILES string of the molecule is C#CC(CCCC)C(=O)OCC. The molecule has 0 aromatic carbocycles. The lowest BCUT2D eigenvalue weighted by atomic mass is 10.0. The van der Waals surface area contributed by atoms with Crippen LogP contribution in [-0.2, 0) is 9.53 Å². The Hall–Kier alpha value is -0.970. The van der Waals surface area contributed by atoms with Crippen LogP contribution in [-0.4, -0.2) is 12.6 Å². The lowest BCUT2D eigenvalue weighted by Gasteiger charge is -2.07. The van der Waals surface area contributed by atoms with E-state index in [4.69, 9.17) is 11.2 Å². The van der Waals surface area contributed by atoms with Gasteiger partial charge in [-0.15, -0.1) is 6.42 Å². The van der Waals surface area contributed by atoms with Crippen LogP contribution in [0.5, 0.6) is 0 Å². The number of unbranched alkanes of at least 4 members (excludes halogenated alkanes) is 1. The number of hydrogen-bond acceptors (Lipinski definition) is 2. The van der Waals surface area contributed by atoms with Gasteiger partial charge in [-0.1, -0.05) is 25.7 Å². The summed E-state index contributed by atoms with van der Waals surface area (Å²) in [7, 11) is 0. The first-order valence-electron chi connectivity index (χ1n) is 4.39. The highest BCUT2D eigenvalue weighted by Gasteiger charge is 2.15. The first kappa shape index (κ1) is 11.0. The smallest absolute Gasteiger partial charge is 0.321 e. The van der Waals surface area contributed by atoms with Crippen molar-refractivity contribution in [3.8, 4) is 12.3 Å². The van der Waals surface area contributed by atoms with Crippen LogP contribution in [0.15, 0.2) is 0 Å². The van der Waals surface area contributed by atoms with Gasteiger partial charge in [-0.2, -0.15) is 0 Å². The van der Waals surface area contributed by atoms with Gasteiger partial charge in [0.1, 0.15) is 5.92 Å². The number of esters is 1. The fourth-order valence-electron chi connectivity index (χ4n) is 0.920. The molecule has 0 aliphatic carbocycles. The van der Waals surface area contributed by atoms with Gasteiger partial charge in [0.2, 0.25) is 0 Å². The zero-order valence-corrected chi connectivity index (χ0v) is 7.80. The van der Waals surface area contributed by atoms with E-state index in [1.54, 1.807) is 6.92 Å². The van der Waals surface area contributed by atoms with Crippen molar-refractivity contribution < 1.29 is 9.53 Å². The number of rotatable bonds is 5. The van der Waals surface area contributed by atoms with Gasteiger partial charge in [0.05, 0.1) is 6.61 Å². The lowest BCUT2D eigenvalue weighted by molar-refractivity contribution is -0.146. The van der Waals surface area contributed by atoms with Crippen LogP contribution in [0.2, 0.25) is 0 Å². The quantitative estimate of drug-likeness (QED) is 0.463. The molecule has 0 N–H and O–H groups in total. The van der Waals surface area contributed by atoms with Gasteiger partial charge in [0.15, 0.2) is 0 Å². The third-order valence-corrected chi connectivity index (χ3v) is 1.62. The van der Waals surface area contributed by atoms with Gasteiger partial charge >= 0.3 is 5.97 Å². The second kappa shape index (κ2) is 6.72. The van der Waals surface area contributed by atoms with Gasteiger partial charge in [-0.05, 0) is 13.3 Å². The molecule has 0 fully saturated rings. The molecular weight excluding hydrogens is 152 g/mol. The molecule has 0 aliphatic heterocycles. The summed E-state index contributed by atoms with van der Waals surface area (Å²) in [6, 6.07) is 0. The molecule has 68 valence electrons. The Bertz CT molecular complexity index is 167. The van der Waals surface area contributed by atoms with E-state index in [1.165, 1.54) is 0 Å². The predicted octanol–water partition coefficient (Wildman–Crippen LogP) is 1.99. The van der Waals surface area contributed by atoms with E-state index in [0.717, 1.165) is 19.3 Å². The average molecular weight is 168 g/mol. The predicted molar refractivity (Wildman–Crippen MR) is 48.5 cm³/mol. The lowest BCUT2D eigenvalue weighted by Crippen LogP contribution is -2.15. The number of hydrogen-bond donors (Lipinski definition) is 0. The van der Waals surface area contributed by atoms with Crippen molar-refractivity contribution in [2.75, 3.05) is 6.61 Å². The second-order valence-corrected chi connectivity index (χ2v) is 2.61. The van der Waals surface area contributed by atoms with Crippen LogP contribution in [0.1, 0.15) is 33.1 Å². The summed E-state index contributed by atoms with van der Waals surface area (Å²) in [5.41, 5.74) is 0. The maximum atomic E-state index is 11.1. The van der Waals surface area contributed by atoms with Crippen molar-refractivity contribution in [3.63, 3.8) is 0 Å². The molecule has 0 saturated heterocycles. The molecule has 0 heterocycles. The highest BCUT2D eigenvalue weighted by atomic mass is 16.5. The van der Waals surface area contributed by atoms with E-state index in [2.05, 4.69) is 12.8 Å². The normalized spacial score (nSPS) is 11.8. The first-order chi connectivity index (χ1) is 5.76. The zero-order valence-electron chi connectivity index (χ0n) is 7.80. The second-order valence-electron chi connectivity index (χ2n) is 2.61. The summed E-state index contributed by atoms with van der Waals surface area (Å²) in [4.78, 5) is 11.1. The van der Waals surface area contributed by atoms with E-state index in [-0.39, 0.29) is 11.9 Å². The number of ether oxygens (including phenoxy) is 1. The molecule has 0 aromatic heterocycles. The monoisotopic (exact) mass is 168 g/mol. The van der Waals surface area contributed by atoms with E-state index < -0.39 is 0 Å². The Morgan fingerprint density at radius 2 is 2.25 bits per heavy atom. The molecule has 0 saturated carbocycles. The third-order valence-electron chi connectivity index (χ3n) is 1.62. The van der Waals surface area contributed by atoms with Crippen molar-refractivity contribution in [1.29, 1.82) is 0 Å². The third kappa shape index (κ3) is 4.02. The molecule has 0 aliphatic rings. The molecule has 0 spiro atoms. The summed E-state index contributed by atoms with van der Waals surface area (Å²) in [5.74, 6) is 1.85. The number of carbonyl (C=O) groups excluding carboxylic acids is 1. The van der Waals surface area contributed by atoms with Crippen molar-refractivity contribution in [1.82, 2.24) is 0 Å². The van der Waals surface area contributed by atoms with E-state index in [0.29, 0.717) is 6.61 Å². The van der Waals surface area contributed by atoms with Gasteiger partial charge in [0, 0.05) is 0 Å². The molecule has 0 amide bonds. The largest absolute Gasteiger partial charge is 0.465 e. The highest BCUT2D eigenvalue weighted by Crippen LogP contribution is 2.08. The van der Waals surface area contributed by atoms with Crippen molar-refractivity contribution in [2.45, 2.75) is 33.1 Å². The van der Waals surface area contributed by atoms with Crippen LogP contribution in [0.25, 0.3) is 0 Å². The van der Waals surface area contributed by atoms with Crippen LogP contribution >= 0.6 is 0 Å². The van der Waals surface area contributed by atoms with Gasteiger partial charge in [-0.25, -0.2) is 0 Å². The zero-order chi connectivity index (χ0) is 9.40. The molecule has 0 rings (SSSR count).